The summed E-state index contributed by atoms with van der Waals surface area (Å²) in [5, 5.41) is 6.98. The summed E-state index contributed by atoms with van der Waals surface area (Å²) >= 11 is 0. The van der Waals surface area contributed by atoms with E-state index in [2.05, 4.69) is 10.4 Å². The zero-order chi connectivity index (χ0) is 19.7. The molecule has 0 spiro atoms. The SMILES string of the molecule is Cc1cnn(-c2ccc(C(=O)N3CCN(C(=O)C(=O)NC4CC4)CC3)cc2)c1. The third-order valence-corrected chi connectivity index (χ3v) is 5.05. The van der Waals surface area contributed by atoms with Gasteiger partial charge in [0.1, 0.15) is 0 Å². The molecule has 0 unspecified atom stereocenters. The van der Waals surface area contributed by atoms with Crippen LogP contribution in [-0.4, -0.2) is 69.5 Å². The third kappa shape index (κ3) is 3.90. The minimum Gasteiger partial charge on any atom is -0.345 e. The maximum atomic E-state index is 12.7. The molecular weight excluding hydrogens is 358 g/mol. The molecule has 146 valence electrons. The van der Waals surface area contributed by atoms with E-state index < -0.39 is 11.8 Å². The van der Waals surface area contributed by atoms with Gasteiger partial charge in [0.25, 0.3) is 5.91 Å². The van der Waals surface area contributed by atoms with E-state index in [0.717, 1.165) is 24.1 Å². The molecule has 8 nitrogen and oxygen atoms in total. The topological polar surface area (TPSA) is 87.5 Å². The molecule has 1 saturated heterocycles. The first kappa shape index (κ1) is 18.2. The summed E-state index contributed by atoms with van der Waals surface area (Å²) in [5.74, 6) is -1.11. The first-order chi connectivity index (χ1) is 13.5. The summed E-state index contributed by atoms with van der Waals surface area (Å²) in [4.78, 5) is 40.0. The van der Waals surface area contributed by atoms with Gasteiger partial charge in [-0.3, -0.25) is 14.4 Å². The average molecular weight is 381 g/mol. The van der Waals surface area contributed by atoms with Gasteiger partial charge in [0.15, 0.2) is 0 Å². The van der Waals surface area contributed by atoms with Crippen LogP contribution in [0, 0.1) is 6.92 Å². The van der Waals surface area contributed by atoms with Gasteiger partial charge < -0.3 is 15.1 Å². The molecule has 1 aromatic heterocycles. The Bertz CT molecular complexity index is 893. The summed E-state index contributed by atoms with van der Waals surface area (Å²) in [6.07, 6.45) is 5.59. The molecule has 1 aliphatic carbocycles. The van der Waals surface area contributed by atoms with Gasteiger partial charge in [-0.15, -0.1) is 0 Å². The summed E-state index contributed by atoms with van der Waals surface area (Å²) in [6.45, 7) is 3.55. The predicted octanol–water partition coefficient (Wildman–Crippen LogP) is 0.744. The maximum absolute atomic E-state index is 12.7. The van der Waals surface area contributed by atoms with Crippen molar-refractivity contribution in [1.82, 2.24) is 24.9 Å². The van der Waals surface area contributed by atoms with Crippen LogP contribution in [-0.2, 0) is 9.59 Å². The lowest BCUT2D eigenvalue weighted by Gasteiger charge is -2.34. The van der Waals surface area contributed by atoms with Gasteiger partial charge in [0, 0.05) is 44.0 Å². The number of hydrogen-bond donors (Lipinski definition) is 1. The molecule has 1 aromatic carbocycles. The minimum atomic E-state index is -0.535. The van der Waals surface area contributed by atoms with E-state index in [1.165, 1.54) is 4.90 Å². The number of hydrogen-bond acceptors (Lipinski definition) is 4. The molecule has 0 bridgehead atoms. The zero-order valence-corrected chi connectivity index (χ0v) is 15.8. The zero-order valence-electron chi connectivity index (χ0n) is 15.8. The molecule has 2 aromatic rings. The molecule has 1 aliphatic heterocycles. The summed E-state index contributed by atoms with van der Waals surface area (Å²) < 4.78 is 1.76. The number of piperazine rings is 1. The Morgan fingerprint density at radius 2 is 1.64 bits per heavy atom. The van der Waals surface area contributed by atoms with E-state index in [1.807, 2.05) is 25.3 Å². The molecular formula is C20H23N5O3. The number of amides is 3. The molecule has 8 heteroatoms. The molecule has 0 atom stereocenters. The van der Waals surface area contributed by atoms with Gasteiger partial charge in [0.05, 0.1) is 11.9 Å². The molecule has 1 N–H and O–H groups in total. The van der Waals surface area contributed by atoms with Crippen LogP contribution in [0.15, 0.2) is 36.7 Å². The Kier molecular flexibility index (Phi) is 4.85. The van der Waals surface area contributed by atoms with Crippen molar-refractivity contribution >= 4 is 17.7 Å². The standard InChI is InChI=1S/C20H23N5O3/c1-14-12-21-25(13-14)17-6-2-15(3-7-17)19(27)23-8-10-24(11-9-23)20(28)18(26)22-16-4-5-16/h2-3,6-7,12-13,16H,4-5,8-11H2,1H3,(H,22,26). The fraction of sp³-hybridized carbons (Fsp3) is 0.400. The van der Waals surface area contributed by atoms with E-state index >= 15 is 0 Å². The van der Waals surface area contributed by atoms with Crippen molar-refractivity contribution in [2.75, 3.05) is 26.2 Å². The van der Waals surface area contributed by atoms with Crippen molar-refractivity contribution in [3.63, 3.8) is 0 Å². The Hall–Kier alpha value is -3.16. The van der Waals surface area contributed by atoms with Crippen molar-refractivity contribution < 1.29 is 14.4 Å². The number of aryl methyl sites for hydroxylation is 1. The number of carbonyl (C=O) groups is 3. The highest BCUT2D eigenvalue weighted by atomic mass is 16.2. The van der Waals surface area contributed by atoms with Crippen LogP contribution in [0.4, 0.5) is 0 Å². The Labute approximate surface area is 163 Å². The molecule has 1 saturated carbocycles. The average Bonchev–Trinajstić information content (AvgIpc) is 3.44. The Balaban J connectivity index is 1.33. The number of aromatic nitrogens is 2. The van der Waals surface area contributed by atoms with Gasteiger partial charge in [0.2, 0.25) is 0 Å². The van der Waals surface area contributed by atoms with Gasteiger partial charge in [-0.2, -0.15) is 5.10 Å². The molecule has 4 rings (SSSR count). The van der Waals surface area contributed by atoms with Gasteiger partial charge in [-0.05, 0) is 49.6 Å². The van der Waals surface area contributed by atoms with Gasteiger partial charge >= 0.3 is 11.8 Å². The van der Waals surface area contributed by atoms with Crippen LogP contribution in [0.25, 0.3) is 5.69 Å². The fourth-order valence-electron chi connectivity index (χ4n) is 3.22. The Morgan fingerprint density at radius 3 is 2.21 bits per heavy atom. The summed E-state index contributed by atoms with van der Waals surface area (Å²) in [7, 11) is 0. The lowest BCUT2D eigenvalue weighted by molar-refractivity contribution is -0.146. The molecule has 28 heavy (non-hydrogen) atoms. The van der Waals surface area contributed by atoms with Crippen LogP contribution >= 0.6 is 0 Å². The second-order valence-electron chi connectivity index (χ2n) is 7.34. The fourth-order valence-corrected chi connectivity index (χ4v) is 3.22. The second-order valence-corrected chi connectivity index (χ2v) is 7.34. The number of carbonyl (C=O) groups excluding carboxylic acids is 3. The van der Waals surface area contributed by atoms with E-state index in [0.29, 0.717) is 31.7 Å². The van der Waals surface area contributed by atoms with E-state index in [9.17, 15) is 14.4 Å². The van der Waals surface area contributed by atoms with Crippen molar-refractivity contribution in [3.05, 3.63) is 47.8 Å². The third-order valence-electron chi connectivity index (χ3n) is 5.05. The molecule has 2 aliphatic rings. The lowest BCUT2D eigenvalue weighted by atomic mass is 10.1. The smallest absolute Gasteiger partial charge is 0.312 e. The van der Waals surface area contributed by atoms with Gasteiger partial charge in [-0.1, -0.05) is 0 Å². The first-order valence-corrected chi connectivity index (χ1v) is 9.52. The molecule has 2 heterocycles. The number of benzene rings is 1. The lowest BCUT2D eigenvalue weighted by Crippen LogP contribution is -2.54. The number of nitrogens with zero attached hydrogens (tertiary/aromatic N) is 4. The normalized spacial score (nSPS) is 16.8. The largest absolute Gasteiger partial charge is 0.345 e. The quantitative estimate of drug-likeness (QED) is 0.795. The minimum absolute atomic E-state index is 0.0715. The highest BCUT2D eigenvalue weighted by molar-refractivity contribution is 6.35. The monoisotopic (exact) mass is 381 g/mol. The van der Waals surface area contributed by atoms with Crippen LogP contribution in [0.5, 0.6) is 0 Å². The van der Waals surface area contributed by atoms with E-state index in [1.54, 1.807) is 27.9 Å². The highest BCUT2D eigenvalue weighted by Gasteiger charge is 2.31. The van der Waals surface area contributed by atoms with E-state index in [-0.39, 0.29) is 11.9 Å². The highest BCUT2D eigenvalue weighted by Crippen LogP contribution is 2.18. The molecule has 3 amide bonds. The van der Waals surface area contributed by atoms with Crippen molar-refractivity contribution in [2.24, 2.45) is 0 Å². The van der Waals surface area contributed by atoms with Gasteiger partial charge in [-0.25, -0.2) is 4.68 Å². The van der Waals surface area contributed by atoms with Crippen molar-refractivity contribution in [3.8, 4) is 5.69 Å². The number of nitrogens with one attached hydrogen (secondary N) is 1. The van der Waals surface area contributed by atoms with Crippen LogP contribution in [0.2, 0.25) is 0 Å². The van der Waals surface area contributed by atoms with Crippen LogP contribution in [0.3, 0.4) is 0 Å². The number of rotatable bonds is 3. The summed E-state index contributed by atoms with van der Waals surface area (Å²) in [6, 6.07) is 7.46. The van der Waals surface area contributed by atoms with Crippen molar-refractivity contribution in [1.29, 1.82) is 0 Å². The van der Waals surface area contributed by atoms with Crippen LogP contribution < -0.4 is 5.32 Å². The maximum Gasteiger partial charge on any atom is 0.312 e. The summed E-state index contributed by atoms with van der Waals surface area (Å²) in [5.41, 5.74) is 2.55. The second kappa shape index (κ2) is 7.46. The van der Waals surface area contributed by atoms with Crippen LogP contribution in [0.1, 0.15) is 28.8 Å². The van der Waals surface area contributed by atoms with E-state index in [4.69, 9.17) is 0 Å². The Morgan fingerprint density at radius 1 is 1.00 bits per heavy atom. The first-order valence-electron chi connectivity index (χ1n) is 9.52. The van der Waals surface area contributed by atoms with Crippen molar-refractivity contribution in [2.45, 2.75) is 25.8 Å². The molecule has 0 radical (unpaired) electrons. The predicted molar refractivity (Wildman–Crippen MR) is 102 cm³/mol. The molecule has 2 fully saturated rings.